The predicted molar refractivity (Wildman–Crippen MR) is 76.4 cm³/mol. The number of aryl methyl sites for hydroxylation is 1. The topological polar surface area (TPSA) is 79.2 Å². The van der Waals surface area contributed by atoms with Gasteiger partial charge in [0.1, 0.15) is 5.82 Å². The Hall–Kier alpha value is -1.61. The molecule has 0 spiro atoms. The lowest BCUT2D eigenvalue weighted by molar-refractivity contribution is -0.272. The molecule has 1 saturated heterocycles. The second-order valence-electron chi connectivity index (χ2n) is 5.82. The first-order chi connectivity index (χ1) is 10.7. The average molecular weight is 334 g/mol. The third-order valence-electron chi connectivity index (χ3n) is 4.06. The Morgan fingerprint density at radius 3 is 2.83 bits per heavy atom. The van der Waals surface area contributed by atoms with Crippen LogP contribution in [0.1, 0.15) is 31.5 Å². The van der Waals surface area contributed by atoms with Crippen molar-refractivity contribution < 1.29 is 23.1 Å². The van der Waals surface area contributed by atoms with Crippen molar-refractivity contribution in [2.75, 3.05) is 13.1 Å². The highest BCUT2D eigenvalue weighted by molar-refractivity contribution is 5.76. The summed E-state index contributed by atoms with van der Waals surface area (Å²) in [5.74, 6) is -0.814. The second-order valence-corrected chi connectivity index (χ2v) is 5.82. The SMILES string of the molecule is Cn1ccnc1C(O)(CCNC(=O)CC1CCCN1)C(F)(F)F. The molecule has 0 aliphatic carbocycles. The quantitative estimate of drug-likeness (QED) is 0.720. The van der Waals surface area contributed by atoms with Crippen LogP contribution < -0.4 is 10.6 Å². The molecule has 1 aliphatic heterocycles. The van der Waals surface area contributed by atoms with Gasteiger partial charge in [0.15, 0.2) is 0 Å². The molecule has 2 atom stereocenters. The molecule has 0 saturated carbocycles. The third kappa shape index (κ3) is 4.03. The fourth-order valence-corrected chi connectivity index (χ4v) is 2.75. The summed E-state index contributed by atoms with van der Waals surface area (Å²) in [5, 5.41) is 15.7. The summed E-state index contributed by atoms with van der Waals surface area (Å²) in [6, 6.07) is 0.0750. The van der Waals surface area contributed by atoms with E-state index in [4.69, 9.17) is 0 Å². The van der Waals surface area contributed by atoms with Crippen molar-refractivity contribution in [2.24, 2.45) is 7.05 Å². The number of carbonyl (C=O) groups is 1. The summed E-state index contributed by atoms with van der Waals surface area (Å²) in [7, 11) is 1.38. The number of rotatable bonds is 6. The summed E-state index contributed by atoms with van der Waals surface area (Å²) in [5.41, 5.74) is -3.09. The smallest absolute Gasteiger partial charge is 0.374 e. The summed E-state index contributed by atoms with van der Waals surface area (Å²) in [4.78, 5) is 15.4. The molecule has 6 nitrogen and oxygen atoms in total. The van der Waals surface area contributed by atoms with Crippen molar-refractivity contribution in [3.05, 3.63) is 18.2 Å². The highest BCUT2D eigenvalue weighted by Gasteiger charge is 2.57. The molecule has 130 valence electrons. The number of hydrogen-bond donors (Lipinski definition) is 3. The molecule has 3 N–H and O–H groups in total. The molecule has 1 aromatic rings. The number of carbonyl (C=O) groups excluding carboxylic acids is 1. The Morgan fingerprint density at radius 2 is 2.30 bits per heavy atom. The fourth-order valence-electron chi connectivity index (χ4n) is 2.75. The summed E-state index contributed by atoms with van der Waals surface area (Å²) < 4.78 is 40.9. The molecular weight excluding hydrogens is 313 g/mol. The van der Waals surface area contributed by atoms with E-state index >= 15 is 0 Å². The summed E-state index contributed by atoms with van der Waals surface area (Å²) >= 11 is 0. The predicted octanol–water partition coefficient (Wildman–Crippen LogP) is 0.818. The maximum absolute atomic E-state index is 13.3. The molecule has 0 aromatic carbocycles. The van der Waals surface area contributed by atoms with E-state index in [-0.39, 0.29) is 24.9 Å². The van der Waals surface area contributed by atoms with Gasteiger partial charge in [-0.15, -0.1) is 0 Å². The van der Waals surface area contributed by atoms with Gasteiger partial charge in [-0.25, -0.2) is 4.98 Å². The molecule has 9 heteroatoms. The zero-order valence-electron chi connectivity index (χ0n) is 12.9. The lowest BCUT2D eigenvalue weighted by Crippen LogP contribution is -2.47. The Balaban J connectivity index is 1.94. The Morgan fingerprint density at radius 1 is 1.57 bits per heavy atom. The monoisotopic (exact) mass is 334 g/mol. The van der Waals surface area contributed by atoms with Crippen molar-refractivity contribution >= 4 is 5.91 Å². The molecule has 23 heavy (non-hydrogen) atoms. The van der Waals surface area contributed by atoms with E-state index in [2.05, 4.69) is 15.6 Å². The minimum atomic E-state index is -4.89. The highest BCUT2D eigenvalue weighted by atomic mass is 19.4. The second kappa shape index (κ2) is 6.88. The first kappa shape index (κ1) is 17.7. The number of nitrogens with zero attached hydrogens (tertiary/aromatic N) is 2. The standard InChI is InChI=1S/C14H21F3N4O2/c1-21-8-7-20-12(21)13(23,14(15,16)17)4-6-19-11(22)9-10-3-2-5-18-10/h7-8,10,18,23H,2-6,9H2,1H3,(H,19,22). The minimum Gasteiger partial charge on any atom is -0.374 e. The number of aliphatic hydroxyl groups is 1. The molecule has 2 rings (SSSR count). The first-order valence-electron chi connectivity index (χ1n) is 7.51. The third-order valence-corrected chi connectivity index (χ3v) is 4.06. The molecule has 1 fully saturated rings. The van der Waals surface area contributed by atoms with Crippen LogP contribution in [-0.2, 0) is 17.4 Å². The zero-order chi connectivity index (χ0) is 17.1. The highest BCUT2D eigenvalue weighted by Crippen LogP contribution is 2.40. The summed E-state index contributed by atoms with van der Waals surface area (Å²) in [6.45, 7) is 0.569. The van der Waals surface area contributed by atoms with Crippen LogP contribution in [0.5, 0.6) is 0 Å². The Kier molecular flexibility index (Phi) is 5.30. The number of aromatic nitrogens is 2. The number of amides is 1. The molecule has 1 aliphatic rings. The van der Waals surface area contributed by atoms with Gasteiger partial charge in [-0.05, 0) is 19.4 Å². The van der Waals surface area contributed by atoms with Crippen molar-refractivity contribution in [1.29, 1.82) is 0 Å². The van der Waals surface area contributed by atoms with E-state index < -0.39 is 24.0 Å². The van der Waals surface area contributed by atoms with Crippen molar-refractivity contribution in [1.82, 2.24) is 20.2 Å². The zero-order valence-corrected chi connectivity index (χ0v) is 12.9. The minimum absolute atomic E-state index is 0.0750. The lowest BCUT2D eigenvalue weighted by Gasteiger charge is -2.30. The largest absolute Gasteiger partial charge is 0.424 e. The van der Waals surface area contributed by atoms with Gasteiger partial charge < -0.3 is 20.3 Å². The molecule has 1 aromatic heterocycles. The molecular formula is C14H21F3N4O2. The van der Waals surface area contributed by atoms with E-state index in [1.807, 2.05) is 0 Å². The van der Waals surface area contributed by atoms with Crippen LogP contribution in [0.25, 0.3) is 0 Å². The number of halogens is 3. The van der Waals surface area contributed by atoms with Crippen LogP contribution in [0.3, 0.4) is 0 Å². The average Bonchev–Trinajstić information content (AvgIpc) is 3.08. The van der Waals surface area contributed by atoms with Crippen LogP contribution in [0.2, 0.25) is 0 Å². The van der Waals surface area contributed by atoms with E-state index in [0.29, 0.717) is 0 Å². The van der Waals surface area contributed by atoms with Gasteiger partial charge in [0.2, 0.25) is 11.5 Å². The van der Waals surface area contributed by atoms with E-state index in [0.717, 1.165) is 24.0 Å². The van der Waals surface area contributed by atoms with E-state index in [9.17, 15) is 23.1 Å². The van der Waals surface area contributed by atoms with Gasteiger partial charge in [-0.3, -0.25) is 4.79 Å². The van der Waals surface area contributed by atoms with Crippen molar-refractivity contribution in [2.45, 2.75) is 43.5 Å². The van der Waals surface area contributed by atoms with Gasteiger partial charge in [-0.1, -0.05) is 0 Å². The van der Waals surface area contributed by atoms with Crippen LogP contribution >= 0.6 is 0 Å². The molecule has 0 bridgehead atoms. The molecule has 0 radical (unpaired) electrons. The van der Waals surface area contributed by atoms with Gasteiger partial charge in [0, 0.05) is 44.9 Å². The van der Waals surface area contributed by atoms with Crippen LogP contribution in [0.15, 0.2) is 12.4 Å². The van der Waals surface area contributed by atoms with E-state index in [1.54, 1.807) is 0 Å². The van der Waals surface area contributed by atoms with Crippen molar-refractivity contribution in [3.8, 4) is 0 Å². The van der Waals surface area contributed by atoms with Crippen LogP contribution in [0, 0.1) is 0 Å². The maximum Gasteiger partial charge on any atom is 0.424 e. The maximum atomic E-state index is 13.3. The van der Waals surface area contributed by atoms with Gasteiger partial charge >= 0.3 is 6.18 Å². The van der Waals surface area contributed by atoms with E-state index in [1.165, 1.54) is 19.4 Å². The number of alkyl halides is 3. The molecule has 2 unspecified atom stereocenters. The van der Waals surface area contributed by atoms with Gasteiger partial charge in [-0.2, -0.15) is 13.2 Å². The number of imidazole rings is 1. The lowest BCUT2D eigenvalue weighted by atomic mass is 9.97. The first-order valence-corrected chi connectivity index (χ1v) is 7.51. The van der Waals surface area contributed by atoms with Crippen LogP contribution in [-0.4, -0.2) is 45.9 Å². The molecule has 1 amide bonds. The fraction of sp³-hybridized carbons (Fsp3) is 0.714. The number of hydrogen-bond acceptors (Lipinski definition) is 4. The van der Waals surface area contributed by atoms with Gasteiger partial charge in [0.25, 0.3) is 0 Å². The Labute approximate surface area is 132 Å². The van der Waals surface area contributed by atoms with Gasteiger partial charge in [0.05, 0.1) is 0 Å². The normalized spacial score (nSPS) is 21.2. The number of nitrogens with one attached hydrogen (secondary N) is 2. The van der Waals surface area contributed by atoms with Crippen molar-refractivity contribution in [3.63, 3.8) is 0 Å². The molecule has 2 heterocycles. The Bertz CT molecular complexity index is 540. The summed E-state index contributed by atoms with van der Waals surface area (Å²) in [6.07, 6.45) is -0.952. The van der Waals surface area contributed by atoms with Crippen LogP contribution in [0.4, 0.5) is 13.2 Å².